The van der Waals surface area contributed by atoms with Crippen molar-refractivity contribution in [2.24, 2.45) is 0 Å². The Morgan fingerprint density at radius 1 is 1.44 bits per heavy atom. The normalized spacial score (nSPS) is 14.7. The van der Waals surface area contributed by atoms with E-state index in [1.165, 1.54) is 12.7 Å². The molecule has 0 heterocycles. The third-order valence-corrected chi connectivity index (χ3v) is 2.84. The number of para-hydroxylation sites is 1. The van der Waals surface area contributed by atoms with Crippen molar-refractivity contribution in [3.63, 3.8) is 0 Å². The Labute approximate surface area is 94.4 Å². The minimum atomic E-state index is -0.947. The predicted molar refractivity (Wildman–Crippen MR) is 61.8 cm³/mol. The molecule has 3 heteroatoms. The first-order valence-corrected chi connectivity index (χ1v) is 5.33. The van der Waals surface area contributed by atoms with Gasteiger partial charge in [0.15, 0.2) is 0 Å². The van der Waals surface area contributed by atoms with Gasteiger partial charge in [0.2, 0.25) is 0 Å². The van der Waals surface area contributed by atoms with E-state index < -0.39 is 5.97 Å². The van der Waals surface area contributed by atoms with Crippen LogP contribution in [0.1, 0.15) is 35.2 Å². The van der Waals surface area contributed by atoms with Crippen molar-refractivity contribution in [1.82, 2.24) is 0 Å². The van der Waals surface area contributed by atoms with E-state index in [1.807, 2.05) is 6.07 Å². The SMILES string of the molecule is COc1c(C(=O)O)cccc1C1=CCCC1. The number of hydrogen-bond acceptors (Lipinski definition) is 2. The molecule has 1 aromatic carbocycles. The van der Waals surface area contributed by atoms with Crippen LogP contribution in [0.25, 0.3) is 5.57 Å². The monoisotopic (exact) mass is 218 g/mol. The second-order valence-corrected chi connectivity index (χ2v) is 3.81. The largest absolute Gasteiger partial charge is 0.495 e. The van der Waals surface area contributed by atoms with Crippen LogP contribution in [0.5, 0.6) is 5.75 Å². The lowest BCUT2D eigenvalue weighted by atomic mass is 10.0. The summed E-state index contributed by atoms with van der Waals surface area (Å²) in [6, 6.07) is 5.25. The van der Waals surface area contributed by atoms with Gasteiger partial charge in [-0.05, 0) is 30.9 Å². The molecule has 0 aromatic heterocycles. The number of rotatable bonds is 3. The molecule has 0 unspecified atom stereocenters. The van der Waals surface area contributed by atoms with Crippen LogP contribution in [0.4, 0.5) is 0 Å². The van der Waals surface area contributed by atoms with Crippen LogP contribution in [0.15, 0.2) is 24.3 Å². The minimum Gasteiger partial charge on any atom is -0.495 e. The summed E-state index contributed by atoms with van der Waals surface area (Å²) in [5.74, 6) is -0.472. The lowest BCUT2D eigenvalue weighted by Gasteiger charge is -2.11. The molecular formula is C13H14O3. The van der Waals surface area contributed by atoms with E-state index >= 15 is 0 Å². The van der Waals surface area contributed by atoms with Gasteiger partial charge < -0.3 is 9.84 Å². The average Bonchev–Trinajstić information content (AvgIpc) is 2.81. The number of ether oxygens (including phenoxy) is 1. The van der Waals surface area contributed by atoms with Gasteiger partial charge in [0.1, 0.15) is 11.3 Å². The van der Waals surface area contributed by atoms with E-state index in [1.54, 1.807) is 12.1 Å². The van der Waals surface area contributed by atoms with Crippen LogP contribution < -0.4 is 4.74 Å². The molecule has 1 N–H and O–H groups in total. The quantitative estimate of drug-likeness (QED) is 0.848. The molecule has 16 heavy (non-hydrogen) atoms. The predicted octanol–water partition coefficient (Wildman–Crippen LogP) is 2.96. The molecule has 0 atom stereocenters. The summed E-state index contributed by atoms with van der Waals surface area (Å²) >= 11 is 0. The van der Waals surface area contributed by atoms with Crippen molar-refractivity contribution < 1.29 is 14.6 Å². The van der Waals surface area contributed by atoms with Gasteiger partial charge in [-0.3, -0.25) is 0 Å². The van der Waals surface area contributed by atoms with Gasteiger partial charge in [0, 0.05) is 5.56 Å². The standard InChI is InChI=1S/C13H14O3/c1-16-12-10(9-5-2-3-6-9)7-4-8-11(12)13(14)15/h4-5,7-8H,2-3,6H2,1H3,(H,14,15). The van der Waals surface area contributed by atoms with E-state index in [0.29, 0.717) is 5.75 Å². The van der Waals surface area contributed by atoms with Crippen LogP contribution in [-0.2, 0) is 0 Å². The van der Waals surface area contributed by atoms with E-state index in [9.17, 15) is 4.79 Å². The molecule has 1 aliphatic carbocycles. The number of carbonyl (C=O) groups is 1. The summed E-state index contributed by atoms with van der Waals surface area (Å²) in [4.78, 5) is 11.0. The number of aromatic carboxylic acids is 1. The maximum Gasteiger partial charge on any atom is 0.339 e. The van der Waals surface area contributed by atoms with E-state index in [4.69, 9.17) is 9.84 Å². The summed E-state index contributed by atoms with van der Waals surface area (Å²) in [5.41, 5.74) is 2.34. The molecule has 1 aliphatic rings. The Kier molecular flexibility index (Phi) is 2.95. The molecule has 84 valence electrons. The number of methoxy groups -OCH3 is 1. The zero-order chi connectivity index (χ0) is 11.5. The maximum absolute atomic E-state index is 11.0. The van der Waals surface area contributed by atoms with Gasteiger partial charge >= 0.3 is 5.97 Å². The van der Waals surface area contributed by atoms with Crippen LogP contribution in [0.2, 0.25) is 0 Å². The fourth-order valence-electron chi connectivity index (χ4n) is 2.09. The van der Waals surface area contributed by atoms with Crippen molar-refractivity contribution in [3.8, 4) is 5.75 Å². The smallest absolute Gasteiger partial charge is 0.339 e. The minimum absolute atomic E-state index is 0.229. The molecule has 0 amide bonds. The molecule has 0 aliphatic heterocycles. The number of carboxylic acid groups (broad SMARTS) is 1. The van der Waals surface area contributed by atoms with Gasteiger partial charge in [0.25, 0.3) is 0 Å². The van der Waals surface area contributed by atoms with Crippen LogP contribution in [-0.4, -0.2) is 18.2 Å². The van der Waals surface area contributed by atoms with Crippen molar-refractivity contribution >= 4 is 11.5 Å². The Morgan fingerprint density at radius 3 is 2.81 bits per heavy atom. The Hall–Kier alpha value is -1.77. The van der Waals surface area contributed by atoms with Crippen molar-refractivity contribution in [2.75, 3.05) is 7.11 Å². The number of carboxylic acids is 1. The van der Waals surface area contributed by atoms with Gasteiger partial charge in [0.05, 0.1) is 7.11 Å². The van der Waals surface area contributed by atoms with Gasteiger partial charge in [-0.25, -0.2) is 4.79 Å². The lowest BCUT2D eigenvalue weighted by molar-refractivity contribution is 0.0693. The maximum atomic E-state index is 11.0. The van der Waals surface area contributed by atoms with E-state index in [0.717, 1.165) is 24.8 Å². The lowest BCUT2D eigenvalue weighted by Crippen LogP contribution is -2.02. The molecule has 1 aromatic rings. The molecular weight excluding hydrogens is 204 g/mol. The highest BCUT2D eigenvalue weighted by atomic mass is 16.5. The Bertz CT molecular complexity index is 446. The van der Waals surface area contributed by atoms with Gasteiger partial charge in [-0.15, -0.1) is 0 Å². The van der Waals surface area contributed by atoms with Crippen LogP contribution in [0.3, 0.4) is 0 Å². The topological polar surface area (TPSA) is 46.5 Å². The summed E-state index contributed by atoms with van der Waals surface area (Å²) in [5, 5.41) is 9.06. The number of hydrogen-bond donors (Lipinski definition) is 1. The summed E-state index contributed by atoms with van der Waals surface area (Å²) in [6.07, 6.45) is 5.36. The summed E-state index contributed by atoms with van der Waals surface area (Å²) in [7, 11) is 1.51. The second kappa shape index (κ2) is 4.39. The molecule has 0 saturated carbocycles. The Morgan fingerprint density at radius 2 is 2.25 bits per heavy atom. The Balaban J connectivity index is 2.52. The summed E-state index contributed by atoms with van der Waals surface area (Å²) in [6.45, 7) is 0. The van der Waals surface area contributed by atoms with Gasteiger partial charge in [-0.1, -0.05) is 18.2 Å². The van der Waals surface area contributed by atoms with E-state index in [2.05, 4.69) is 6.08 Å². The highest BCUT2D eigenvalue weighted by molar-refractivity contribution is 5.93. The molecule has 3 nitrogen and oxygen atoms in total. The third-order valence-electron chi connectivity index (χ3n) is 2.84. The molecule has 0 bridgehead atoms. The molecule has 0 spiro atoms. The van der Waals surface area contributed by atoms with Gasteiger partial charge in [-0.2, -0.15) is 0 Å². The third kappa shape index (κ3) is 1.81. The van der Waals surface area contributed by atoms with Crippen LogP contribution in [0, 0.1) is 0 Å². The number of allylic oxidation sites excluding steroid dienone is 2. The first kappa shape index (κ1) is 10.7. The first-order chi connectivity index (χ1) is 7.74. The van der Waals surface area contributed by atoms with Crippen molar-refractivity contribution in [3.05, 3.63) is 35.4 Å². The zero-order valence-corrected chi connectivity index (χ0v) is 9.19. The fraction of sp³-hybridized carbons (Fsp3) is 0.308. The average molecular weight is 218 g/mol. The van der Waals surface area contributed by atoms with E-state index in [-0.39, 0.29) is 5.56 Å². The van der Waals surface area contributed by atoms with Crippen molar-refractivity contribution in [1.29, 1.82) is 0 Å². The number of benzene rings is 1. The molecule has 0 saturated heterocycles. The molecule has 0 radical (unpaired) electrons. The van der Waals surface area contributed by atoms with Crippen molar-refractivity contribution in [2.45, 2.75) is 19.3 Å². The first-order valence-electron chi connectivity index (χ1n) is 5.33. The highest BCUT2D eigenvalue weighted by Gasteiger charge is 2.18. The molecule has 0 fully saturated rings. The zero-order valence-electron chi connectivity index (χ0n) is 9.19. The fourth-order valence-corrected chi connectivity index (χ4v) is 2.09. The highest BCUT2D eigenvalue weighted by Crippen LogP contribution is 2.35. The summed E-state index contributed by atoms with van der Waals surface area (Å²) < 4.78 is 5.23. The van der Waals surface area contributed by atoms with Crippen LogP contribution >= 0.6 is 0 Å². The molecule has 2 rings (SSSR count). The second-order valence-electron chi connectivity index (χ2n) is 3.81.